The highest BCUT2D eigenvalue weighted by atomic mass is 16.2. The van der Waals surface area contributed by atoms with Crippen molar-refractivity contribution in [1.82, 2.24) is 14.9 Å². The van der Waals surface area contributed by atoms with E-state index in [0.29, 0.717) is 31.2 Å². The van der Waals surface area contributed by atoms with Crippen LogP contribution in [0, 0.1) is 5.92 Å². The van der Waals surface area contributed by atoms with Crippen LogP contribution < -0.4 is 21.5 Å². The fourth-order valence-corrected chi connectivity index (χ4v) is 3.73. The summed E-state index contributed by atoms with van der Waals surface area (Å²) >= 11 is 0. The van der Waals surface area contributed by atoms with Crippen molar-refractivity contribution in [3.05, 3.63) is 53.1 Å². The van der Waals surface area contributed by atoms with Crippen LogP contribution in [0.1, 0.15) is 12.8 Å². The van der Waals surface area contributed by atoms with Gasteiger partial charge in [0.05, 0.1) is 6.04 Å². The monoisotopic (exact) mass is 408 g/mol. The van der Waals surface area contributed by atoms with Crippen LogP contribution in [-0.2, 0) is 4.79 Å². The number of amides is 1. The van der Waals surface area contributed by atoms with Crippen molar-refractivity contribution in [2.75, 3.05) is 43.4 Å². The van der Waals surface area contributed by atoms with Crippen LogP contribution >= 0.6 is 0 Å². The molecule has 2 fully saturated rings. The SMILES string of the molecule is CNc1cc(-c2c[nH]c(=O)c(N(CC3CC3)C3CN(C(=O)C=CCN)C3)c2)ccn1. The summed E-state index contributed by atoms with van der Waals surface area (Å²) in [7, 11) is 1.83. The predicted octanol–water partition coefficient (Wildman–Crippen LogP) is 1.42. The molecule has 0 aromatic carbocycles. The van der Waals surface area contributed by atoms with Gasteiger partial charge in [-0.1, -0.05) is 6.08 Å². The number of nitrogens with one attached hydrogen (secondary N) is 2. The van der Waals surface area contributed by atoms with E-state index in [9.17, 15) is 9.59 Å². The maximum atomic E-state index is 12.7. The molecular formula is C22H28N6O2. The largest absolute Gasteiger partial charge is 0.373 e. The lowest BCUT2D eigenvalue weighted by Gasteiger charge is -2.46. The van der Waals surface area contributed by atoms with Crippen LogP contribution in [0.4, 0.5) is 11.5 Å². The molecule has 0 bridgehead atoms. The van der Waals surface area contributed by atoms with Crippen molar-refractivity contribution >= 4 is 17.4 Å². The van der Waals surface area contributed by atoms with Crippen LogP contribution in [0.5, 0.6) is 0 Å². The summed E-state index contributed by atoms with van der Waals surface area (Å²) in [5, 5.41) is 3.04. The Bertz CT molecular complexity index is 991. The summed E-state index contributed by atoms with van der Waals surface area (Å²) in [5.74, 6) is 1.36. The Balaban J connectivity index is 1.58. The molecule has 2 aliphatic rings. The van der Waals surface area contributed by atoms with Gasteiger partial charge in [0, 0.05) is 57.3 Å². The number of anilines is 2. The van der Waals surface area contributed by atoms with Gasteiger partial charge in [0.1, 0.15) is 11.5 Å². The lowest BCUT2D eigenvalue weighted by Crippen LogP contribution is -2.62. The Morgan fingerprint density at radius 2 is 2.17 bits per heavy atom. The lowest BCUT2D eigenvalue weighted by molar-refractivity contribution is -0.130. The van der Waals surface area contributed by atoms with E-state index in [1.54, 1.807) is 23.4 Å². The second kappa shape index (κ2) is 8.71. The molecule has 1 saturated carbocycles. The number of aromatic amines is 1. The molecule has 0 radical (unpaired) electrons. The number of hydrogen-bond acceptors (Lipinski definition) is 6. The first-order valence-corrected chi connectivity index (χ1v) is 10.4. The van der Waals surface area contributed by atoms with Crippen molar-refractivity contribution < 1.29 is 4.79 Å². The van der Waals surface area contributed by atoms with Crippen molar-refractivity contribution in [1.29, 1.82) is 0 Å². The summed E-state index contributed by atoms with van der Waals surface area (Å²) in [4.78, 5) is 36.1. The van der Waals surface area contributed by atoms with E-state index in [1.807, 2.05) is 25.2 Å². The van der Waals surface area contributed by atoms with Gasteiger partial charge in [-0.2, -0.15) is 0 Å². The molecule has 158 valence electrons. The molecule has 0 spiro atoms. The Kier molecular flexibility index (Phi) is 5.85. The van der Waals surface area contributed by atoms with Gasteiger partial charge >= 0.3 is 0 Å². The van der Waals surface area contributed by atoms with Crippen molar-refractivity contribution in [2.24, 2.45) is 11.7 Å². The van der Waals surface area contributed by atoms with Crippen LogP contribution in [0.3, 0.4) is 0 Å². The van der Waals surface area contributed by atoms with Crippen LogP contribution in [0.25, 0.3) is 11.1 Å². The smallest absolute Gasteiger partial charge is 0.271 e. The molecule has 8 heteroatoms. The zero-order valence-electron chi connectivity index (χ0n) is 17.2. The molecule has 1 aliphatic carbocycles. The van der Waals surface area contributed by atoms with Crippen molar-refractivity contribution in [3.8, 4) is 11.1 Å². The minimum Gasteiger partial charge on any atom is -0.373 e. The normalized spacial score (nSPS) is 16.5. The average Bonchev–Trinajstić information content (AvgIpc) is 3.55. The van der Waals surface area contributed by atoms with E-state index < -0.39 is 0 Å². The lowest BCUT2D eigenvalue weighted by atomic mass is 10.0. The quantitative estimate of drug-likeness (QED) is 0.570. The highest BCUT2D eigenvalue weighted by Gasteiger charge is 2.37. The molecule has 1 saturated heterocycles. The summed E-state index contributed by atoms with van der Waals surface area (Å²) in [6.07, 6.45) is 9.07. The Labute approximate surface area is 175 Å². The number of pyridine rings is 2. The molecule has 2 aromatic rings. The molecular weight excluding hydrogens is 380 g/mol. The maximum Gasteiger partial charge on any atom is 0.271 e. The van der Waals surface area contributed by atoms with E-state index in [0.717, 1.165) is 23.5 Å². The summed E-state index contributed by atoms with van der Waals surface area (Å²) in [5.41, 5.74) is 7.91. The number of rotatable bonds is 8. The molecule has 0 unspecified atom stereocenters. The second-order valence-electron chi connectivity index (χ2n) is 7.91. The van der Waals surface area contributed by atoms with Crippen LogP contribution in [-0.4, -0.2) is 60.0 Å². The van der Waals surface area contributed by atoms with E-state index in [1.165, 1.54) is 18.9 Å². The van der Waals surface area contributed by atoms with Crippen molar-refractivity contribution in [2.45, 2.75) is 18.9 Å². The van der Waals surface area contributed by atoms with Gasteiger partial charge in [0.25, 0.3) is 5.56 Å². The summed E-state index contributed by atoms with van der Waals surface area (Å²) in [6, 6.07) is 5.98. The second-order valence-corrected chi connectivity index (χ2v) is 7.91. The third-order valence-corrected chi connectivity index (χ3v) is 5.71. The fraction of sp³-hybridized carbons (Fsp3) is 0.409. The molecule has 0 atom stereocenters. The minimum atomic E-state index is -0.102. The van der Waals surface area contributed by atoms with Gasteiger partial charge in [0.2, 0.25) is 5.91 Å². The highest BCUT2D eigenvalue weighted by Crippen LogP contribution is 2.34. The third-order valence-electron chi connectivity index (χ3n) is 5.71. The first-order valence-electron chi connectivity index (χ1n) is 10.4. The first-order chi connectivity index (χ1) is 14.6. The van der Waals surface area contributed by atoms with E-state index in [4.69, 9.17) is 5.73 Å². The van der Waals surface area contributed by atoms with Gasteiger partial charge in [-0.05, 0) is 42.5 Å². The average molecular weight is 409 g/mol. The number of aromatic nitrogens is 2. The standard InChI is InChI=1S/C22H28N6O2/c1-24-20-10-16(6-8-25-20)17-9-19(22(30)26-11-17)28(12-15-4-5-15)18-13-27(14-18)21(29)3-2-7-23/h2-3,6,8-11,15,18H,4-5,7,12-14,23H2,1H3,(H,24,25)(H,26,30). The van der Waals surface area contributed by atoms with Crippen molar-refractivity contribution in [3.63, 3.8) is 0 Å². The number of H-pyrrole nitrogens is 1. The van der Waals surface area contributed by atoms with E-state index in [-0.39, 0.29) is 17.5 Å². The highest BCUT2D eigenvalue weighted by molar-refractivity contribution is 5.88. The maximum absolute atomic E-state index is 12.7. The summed E-state index contributed by atoms with van der Waals surface area (Å²) < 4.78 is 0. The molecule has 4 rings (SSSR count). The number of likely N-dealkylation sites (tertiary alicyclic amines) is 1. The van der Waals surface area contributed by atoms with Crippen LogP contribution in [0.15, 0.2) is 47.5 Å². The molecule has 1 aliphatic heterocycles. The molecule has 30 heavy (non-hydrogen) atoms. The molecule has 2 aromatic heterocycles. The van der Waals surface area contributed by atoms with Gasteiger partial charge < -0.3 is 25.8 Å². The number of nitrogens with zero attached hydrogens (tertiary/aromatic N) is 3. The summed E-state index contributed by atoms with van der Waals surface area (Å²) in [6.45, 7) is 2.42. The van der Waals surface area contributed by atoms with Gasteiger partial charge in [-0.25, -0.2) is 4.98 Å². The van der Waals surface area contributed by atoms with E-state index >= 15 is 0 Å². The number of carbonyl (C=O) groups excluding carboxylic acids is 1. The first kappa shape index (κ1) is 20.2. The Hall–Kier alpha value is -3.13. The molecule has 4 N–H and O–H groups in total. The Morgan fingerprint density at radius 1 is 1.37 bits per heavy atom. The zero-order valence-corrected chi connectivity index (χ0v) is 17.2. The zero-order chi connectivity index (χ0) is 21.1. The minimum absolute atomic E-state index is 0.0258. The van der Waals surface area contributed by atoms with Crippen LogP contribution in [0.2, 0.25) is 0 Å². The van der Waals surface area contributed by atoms with E-state index in [2.05, 4.69) is 20.2 Å². The topological polar surface area (TPSA) is 107 Å². The van der Waals surface area contributed by atoms with Gasteiger partial charge in [0.15, 0.2) is 0 Å². The number of hydrogen-bond donors (Lipinski definition) is 3. The third kappa shape index (κ3) is 4.38. The molecule has 1 amide bonds. The fourth-order valence-electron chi connectivity index (χ4n) is 3.73. The van der Waals surface area contributed by atoms with Gasteiger partial charge in [-0.15, -0.1) is 0 Å². The molecule has 3 heterocycles. The predicted molar refractivity (Wildman–Crippen MR) is 118 cm³/mol. The number of nitrogens with two attached hydrogens (primary N) is 1. The number of carbonyl (C=O) groups is 1. The molecule has 8 nitrogen and oxygen atoms in total. The van der Waals surface area contributed by atoms with Gasteiger partial charge in [-0.3, -0.25) is 9.59 Å². The Morgan fingerprint density at radius 3 is 2.87 bits per heavy atom.